The number of aryl methyl sites for hydroxylation is 1. The highest BCUT2D eigenvalue weighted by atomic mass is 16.5. The number of carbonyl (C=O) groups excluding carboxylic acids is 1. The molecule has 0 spiro atoms. The van der Waals surface area contributed by atoms with Gasteiger partial charge >= 0.3 is 0 Å². The maximum absolute atomic E-state index is 12.3. The Morgan fingerprint density at radius 1 is 1.48 bits per heavy atom. The van der Waals surface area contributed by atoms with E-state index < -0.39 is 0 Å². The van der Waals surface area contributed by atoms with Gasteiger partial charge in [-0.2, -0.15) is 0 Å². The topological polar surface area (TPSA) is 58.4 Å². The summed E-state index contributed by atoms with van der Waals surface area (Å²) in [4.78, 5) is 14.6. The molecule has 1 N–H and O–H groups in total. The van der Waals surface area contributed by atoms with Crippen LogP contribution >= 0.6 is 0 Å². The summed E-state index contributed by atoms with van der Waals surface area (Å²) in [6, 6.07) is 1.73. The summed E-state index contributed by atoms with van der Waals surface area (Å²) in [6.45, 7) is 11.5. The minimum absolute atomic E-state index is 0.0216. The Kier molecular flexibility index (Phi) is 6.40. The van der Waals surface area contributed by atoms with Crippen LogP contribution in [0.1, 0.15) is 63.7 Å². The summed E-state index contributed by atoms with van der Waals surface area (Å²) in [7, 11) is 2.11. The van der Waals surface area contributed by atoms with Gasteiger partial charge in [0.05, 0.1) is 0 Å². The van der Waals surface area contributed by atoms with E-state index in [1.165, 1.54) is 0 Å². The van der Waals surface area contributed by atoms with Gasteiger partial charge in [-0.05, 0) is 40.3 Å². The lowest BCUT2D eigenvalue weighted by molar-refractivity contribution is 0.0733. The van der Waals surface area contributed by atoms with Crippen LogP contribution in [0, 0.1) is 0 Å². The van der Waals surface area contributed by atoms with E-state index in [1.807, 2.05) is 13.8 Å². The lowest BCUT2D eigenvalue weighted by Gasteiger charge is -2.43. The monoisotopic (exact) mass is 295 g/mol. The van der Waals surface area contributed by atoms with Crippen LogP contribution in [0.25, 0.3) is 0 Å². The fourth-order valence-corrected chi connectivity index (χ4v) is 2.51. The second-order valence-electron chi connectivity index (χ2n) is 5.86. The van der Waals surface area contributed by atoms with Crippen LogP contribution in [0.2, 0.25) is 0 Å². The Bertz CT molecular complexity index is 458. The third kappa shape index (κ3) is 4.06. The van der Waals surface area contributed by atoms with Crippen LogP contribution < -0.4 is 5.32 Å². The van der Waals surface area contributed by atoms with Crippen LogP contribution in [0.3, 0.4) is 0 Å². The SMILES string of the molecule is CCCN(C)C(C)(CC)C(C)NC(=O)c1cc(CC)on1. The number of aromatic nitrogens is 1. The lowest BCUT2D eigenvalue weighted by Crippen LogP contribution is -2.58. The van der Waals surface area contributed by atoms with Crippen LogP contribution in [-0.2, 0) is 6.42 Å². The van der Waals surface area contributed by atoms with Crippen LogP contribution in [0.5, 0.6) is 0 Å². The van der Waals surface area contributed by atoms with E-state index in [1.54, 1.807) is 6.07 Å². The maximum atomic E-state index is 12.3. The largest absolute Gasteiger partial charge is 0.361 e. The lowest BCUT2D eigenvalue weighted by atomic mass is 9.88. The number of hydrogen-bond donors (Lipinski definition) is 1. The molecule has 0 aliphatic rings. The predicted molar refractivity (Wildman–Crippen MR) is 84.4 cm³/mol. The fraction of sp³-hybridized carbons (Fsp3) is 0.750. The standard InChI is InChI=1S/C16H29N3O2/c1-7-10-19(6)16(5,9-3)12(4)17-15(20)14-11-13(8-2)21-18-14/h11-12H,7-10H2,1-6H3,(H,17,20). The molecule has 0 aliphatic carbocycles. The summed E-state index contributed by atoms with van der Waals surface area (Å²) >= 11 is 0. The number of carbonyl (C=O) groups is 1. The first-order valence-corrected chi connectivity index (χ1v) is 7.86. The number of nitrogens with zero attached hydrogens (tertiary/aromatic N) is 2. The van der Waals surface area contributed by atoms with Gasteiger partial charge in [0.2, 0.25) is 0 Å². The Hall–Kier alpha value is -1.36. The molecule has 1 aromatic heterocycles. The Labute approximate surface area is 128 Å². The molecule has 0 fully saturated rings. The molecule has 2 atom stereocenters. The molecule has 21 heavy (non-hydrogen) atoms. The van der Waals surface area contributed by atoms with Gasteiger partial charge in [0, 0.05) is 24.1 Å². The highest BCUT2D eigenvalue weighted by Gasteiger charge is 2.34. The van der Waals surface area contributed by atoms with Gasteiger partial charge in [-0.25, -0.2) is 0 Å². The number of likely N-dealkylation sites (N-methyl/N-ethyl adjacent to an activating group) is 1. The van der Waals surface area contributed by atoms with Crippen LogP contribution in [0.4, 0.5) is 0 Å². The summed E-state index contributed by atoms with van der Waals surface area (Å²) in [5.74, 6) is 0.560. The first-order chi connectivity index (χ1) is 9.88. The van der Waals surface area contributed by atoms with Gasteiger partial charge in [-0.15, -0.1) is 0 Å². The van der Waals surface area contributed by atoms with E-state index in [0.29, 0.717) is 5.69 Å². The second kappa shape index (κ2) is 7.59. The quantitative estimate of drug-likeness (QED) is 0.801. The van der Waals surface area contributed by atoms with Crippen molar-refractivity contribution in [2.24, 2.45) is 0 Å². The van der Waals surface area contributed by atoms with E-state index in [-0.39, 0.29) is 17.5 Å². The molecule has 2 unspecified atom stereocenters. The molecule has 5 heteroatoms. The van der Waals surface area contributed by atoms with Gasteiger partial charge in [-0.1, -0.05) is 25.9 Å². The van der Waals surface area contributed by atoms with Crippen molar-refractivity contribution in [3.05, 3.63) is 17.5 Å². The van der Waals surface area contributed by atoms with Crippen molar-refractivity contribution in [2.75, 3.05) is 13.6 Å². The van der Waals surface area contributed by atoms with Gasteiger partial charge in [-0.3, -0.25) is 9.69 Å². The highest BCUT2D eigenvalue weighted by molar-refractivity contribution is 5.92. The number of rotatable bonds is 8. The minimum atomic E-state index is -0.171. The molecule has 0 radical (unpaired) electrons. The van der Waals surface area contributed by atoms with Gasteiger partial charge in [0.25, 0.3) is 5.91 Å². The van der Waals surface area contributed by atoms with Crippen LogP contribution in [-0.4, -0.2) is 41.1 Å². The molecule has 0 saturated heterocycles. The van der Waals surface area contributed by atoms with Gasteiger partial charge in [0.1, 0.15) is 5.76 Å². The Balaban J connectivity index is 2.77. The Morgan fingerprint density at radius 2 is 2.14 bits per heavy atom. The highest BCUT2D eigenvalue weighted by Crippen LogP contribution is 2.23. The zero-order valence-electron chi connectivity index (χ0n) is 14.2. The van der Waals surface area contributed by atoms with Crippen molar-refractivity contribution in [1.82, 2.24) is 15.4 Å². The molecule has 1 heterocycles. The molecular formula is C16H29N3O2. The molecule has 0 saturated carbocycles. The molecule has 1 aromatic rings. The average molecular weight is 295 g/mol. The first kappa shape index (κ1) is 17.7. The average Bonchev–Trinajstić information content (AvgIpc) is 2.95. The molecule has 5 nitrogen and oxygen atoms in total. The molecule has 1 amide bonds. The van der Waals surface area contributed by atoms with Crippen molar-refractivity contribution in [3.8, 4) is 0 Å². The summed E-state index contributed by atoms with van der Waals surface area (Å²) < 4.78 is 5.09. The smallest absolute Gasteiger partial charge is 0.273 e. The normalized spacial score (nSPS) is 15.8. The van der Waals surface area contributed by atoms with Crippen molar-refractivity contribution >= 4 is 5.91 Å². The van der Waals surface area contributed by atoms with Crippen LogP contribution in [0.15, 0.2) is 10.6 Å². The minimum Gasteiger partial charge on any atom is -0.361 e. The molecule has 0 bridgehead atoms. The summed E-state index contributed by atoms with van der Waals surface area (Å²) in [5.41, 5.74) is 0.276. The Morgan fingerprint density at radius 3 is 2.62 bits per heavy atom. The van der Waals surface area contributed by atoms with E-state index >= 15 is 0 Å². The van der Waals surface area contributed by atoms with E-state index in [4.69, 9.17) is 4.52 Å². The second-order valence-corrected chi connectivity index (χ2v) is 5.86. The van der Waals surface area contributed by atoms with Crippen molar-refractivity contribution in [3.63, 3.8) is 0 Å². The fourth-order valence-electron chi connectivity index (χ4n) is 2.51. The van der Waals surface area contributed by atoms with Gasteiger partial charge in [0.15, 0.2) is 5.69 Å². The molecule has 0 aromatic carbocycles. The molecule has 0 aliphatic heterocycles. The maximum Gasteiger partial charge on any atom is 0.273 e. The van der Waals surface area contributed by atoms with E-state index in [2.05, 4.69) is 43.2 Å². The summed E-state index contributed by atoms with van der Waals surface area (Å²) in [5, 5.41) is 6.89. The molecule has 1 rings (SSSR count). The number of hydrogen-bond acceptors (Lipinski definition) is 4. The number of amides is 1. The van der Waals surface area contributed by atoms with Crippen molar-refractivity contribution in [1.29, 1.82) is 0 Å². The van der Waals surface area contributed by atoms with Crippen molar-refractivity contribution in [2.45, 2.75) is 65.5 Å². The van der Waals surface area contributed by atoms with E-state index in [0.717, 1.165) is 31.6 Å². The van der Waals surface area contributed by atoms with E-state index in [9.17, 15) is 4.79 Å². The third-order valence-electron chi connectivity index (χ3n) is 4.57. The molecule has 120 valence electrons. The zero-order valence-corrected chi connectivity index (χ0v) is 14.2. The first-order valence-electron chi connectivity index (χ1n) is 7.86. The predicted octanol–water partition coefficient (Wildman–Crippen LogP) is 2.87. The number of nitrogens with one attached hydrogen (secondary N) is 1. The summed E-state index contributed by atoms with van der Waals surface area (Å²) in [6.07, 6.45) is 2.79. The molecular weight excluding hydrogens is 266 g/mol. The third-order valence-corrected chi connectivity index (χ3v) is 4.57. The van der Waals surface area contributed by atoms with Crippen molar-refractivity contribution < 1.29 is 9.32 Å². The van der Waals surface area contributed by atoms with Gasteiger partial charge < -0.3 is 9.84 Å². The zero-order chi connectivity index (χ0) is 16.0.